The minimum Gasteiger partial charge on any atom is -0.476 e. The Morgan fingerprint density at radius 2 is 2.30 bits per heavy atom. The van der Waals surface area contributed by atoms with E-state index in [1.54, 1.807) is 17.9 Å². The number of nitro groups is 1. The molecule has 23 heavy (non-hydrogen) atoms. The third-order valence-corrected chi connectivity index (χ3v) is 3.74. The van der Waals surface area contributed by atoms with Crippen molar-refractivity contribution in [2.24, 2.45) is 7.05 Å². The molecule has 120 valence electrons. The Labute approximate surface area is 132 Å². The summed E-state index contributed by atoms with van der Waals surface area (Å²) < 4.78 is 6.78. The Morgan fingerprint density at radius 3 is 2.87 bits per heavy atom. The number of pyridine rings is 1. The fourth-order valence-corrected chi connectivity index (χ4v) is 2.63. The summed E-state index contributed by atoms with van der Waals surface area (Å²) >= 11 is 0. The summed E-state index contributed by atoms with van der Waals surface area (Å²) in [6.07, 6.45) is 6.36. The lowest BCUT2D eigenvalue weighted by molar-refractivity contribution is -0.386. The van der Waals surface area contributed by atoms with E-state index in [1.165, 1.54) is 13.2 Å². The number of aryl methyl sites for hydroxylation is 1. The van der Waals surface area contributed by atoms with Crippen LogP contribution in [-0.2, 0) is 7.05 Å². The first-order valence-electron chi connectivity index (χ1n) is 7.22. The van der Waals surface area contributed by atoms with E-state index in [9.17, 15) is 10.1 Å². The van der Waals surface area contributed by atoms with Crippen LogP contribution in [0.2, 0.25) is 0 Å². The lowest BCUT2D eigenvalue weighted by Gasteiger charge is -2.17. The summed E-state index contributed by atoms with van der Waals surface area (Å²) in [5.41, 5.74) is 3.10. The first-order chi connectivity index (χ1) is 11.1. The number of methoxy groups -OCH3 is 1. The number of rotatable bonds is 4. The summed E-state index contributed by atoms with van der Waals surface area (Å²) in [4.78, 5) is 15.2. The summed E-state index contributed by atoms with van der Waals surface area (Å²) in [7, 11) is 3.19. The van der Waals surface area contributed by atoms with E-state index in [0.29, 0.717) is 11.3 Å². The van der Waals surface area contributed by atoms with Crippen LogP contribution >= 0.6 is 0 Å². The van der Waals surface area contributed by atoms with Crippen LogP contribution in [0, 0.1) is 10.1 Å². The molecule has 8 nitrogen and oxygen atoms in total. The van der Waals surface area contributed by atoms with Crippen molar-refractivity contribution in [3.05, 3.63) is 40.3 Å². The number of hydrogen-bond donors (Lipinski definition) is 1. The van der Waals surface area contributed by atoms with E-state index < -0.39 is 4.92 Å². The number of nitrogens with zero attached hydrogens (tertiary/aromatic N) is 4. The minimum absolute atomic E-state index is 0.0251. The number of ether oxygens (including phenoxy) is 1. The molecule has 0 bridgehead atoms. The first-order valence-corrected chi connectivity index (χ1v) is 7.22. The molecule has 0 aliphatic carbocycles. The first kappa shape index (κ1) is 15.2. The minimum atomic E-state index is -0.480. The molecule has 1 aliphatic heterocycles. The molecule has 0 saturated carbocycles. The van der Waals surface area contributed by atoms with Crippen molar-refractivity contribution in [3.63, 3.8) is 0 Å². The molecule has 0 fully saturated rings. The van der Waals surface area contributed by atoms with Crippen LogP contribution in [-0.4, -0.2) is 39.9 Å². The van der Waals surface area contributed by atoms with Gasteiger partial charge < -0.3 is 10.1 Å². The summed E-state index contributed by atoms with van der Waals surface area (Å²) in [5.74, 6) is 0.0251. The normalized spacial score (nSPS) is 14.4. The van der Waals surface area contributed by atoms with Crippen molar-refractivity contribution >= 4 is 11.3 Å². The van der Waals surface area contributed by atoms with Crippen LogP contribution in [0.25, 0.3) is 16.7 Å². The molecule has 3 rings (SSSR count). The van der Waals surface area contributed by atoms with Crippen molar-refractivity contribution < 1.29 is 9.66 Å². The Balaban J connectivity index is 2.22. The topological polar surface area (TPSA) is 95.1 Å². The van der Waals surface area contributed by atoms with Gasteiger partial charge in [0.2, 0.25) is 0 Å². The Bertz CT molecular complexity index is 781. The van der Waals surface area contributed by atoms with Gasteiger partial charge in [-0.25, -0.2) is 4.98 Å². The zero-order chi connectivity index (χ0) is 16.4. The van der Waals surface area contributed by atoms with Crippen molar-refractivity contribution in [2.45, 2.75) is 6.42 Å². The molecule has 2 aromatic rings. The molecular weight excluding hydrogens is 298 g/mol. The van der Waals surface area contributed by atoms with E-state index in [4.69, 9.17) is 4.74 Å². The van der Waals surface area contributed by atoms with E-state index in [1.807, 2.05) is 6.20 Å². The van der Waals surface area contributed by atoms with Crippen molar-refractivity contribution in [3.8, 4) is 17.0 Å². The van der Waals surface area contributed by atoms with E-state index in [-0.39, 0.29) is 11.6 Å². The SMILES string of the molecule is COc1nc(C2=CCNCC2)c(-c2cnn(C)c2)cc1[N+](=O)[O-]. The van der Waals surface area contributed by atoms with Crippen LogP contribution in [0.15, 0.2) is 24.5 Å². The van der Waals surface area contributed by atoms with Gasteiger partial charge in [-0.3, -0.25) is 14.8 Å². The van der Waals surface area contributed by atoms with Gasteiger partial charge in [0.1, 0.15) is 0 Å². The van der Waals surface area contributed by atoms with Crippen LogP contribution in [0.5, 0.6) is 5.88 Å². The molecule has 0 spiro atoms. The second kappa shape index (κ2) is 6.17. The molecule has 8 heteroatoms. The highest BCUT2D eigenvalue weighted by Crippen LogP contribution is 2.36. The molecule has 1 N–H and O–H groups in total. The van der Waals surface area contributed by atoms with Crippen molar-refractivity contribution in [1.29, 1.82) is 0 Å². The van der Waals surface area contributed by atoms with Gasteiger partial charge in [-0.2, -0.15) is 5.10 Å². The van der Waals surface area contributed by atoms with Crippen LogP contribution < -0.4 is 10.1 Å². The number of nitrogens with one attached hydrogen (secondary N) is 1. The second-order valence-electron chi connectivity index (χ2n) is 5.26. The van der Waals surface area contributed by atoms with Gasteiger partial charge in [0, 0.05) is 37.0 Å². The Kier molecular flexibility index (Phi) is 4.07. The highest BCUT2D eigenvalue weighted by Gasteiger charge is 2.24. The Morgan fingerprint density at radius 1 is 1.48 bits per heavy atom. The Hall–Kier alpha value is -2.74. The summed E-state index contributed by atoms with van der Waals surface area (Å²) in [6, 6.07) is 1.51. The van der Waals surface area contributed by atoms with Gasteiger partial charge in [-0.05, 0) is 18.5 Å². The highest BCUT2D eigenvalue weighted by atomic mass is 16.6. The average Bonchev–Trinajstić information content (AvgIpc) is 3.00. The fourth-order valence-electron chi connectivity index (χ4n) is 2.63. The summed E-state index contributed by atoms with van der Waals surface area (Å²) in [6.45, 7) is 1.60. The fraction of sp³-hybridized carbons (Fsp3) is 0.333. The van der Waals surface area contributed by atoms with Crippen LogP contribution in [0.1, 0.15) is 12.1 Å². The molecule has 0 atom stereocenters. The molecule has 2 aromatic heterocycles. The van der Waals surface area contributed by atoms with Gasteiger partial charge in [0.15, 0.2) is 0 Å². The molecule has 1 aliphatic rings. The quantitative estimate of drug-likeness (QED) is 0.682. The van der Waals surface area contributed by atoms with Crippen LogP contribution in [0.4, 0.5) is 5.69 Å². The molecule has 0 aromatic carbocycles. The third-order valence-electron chi connectivity index (χ3n) is 3.74. The van der Waals surface area contributed by atoms with Gasteiger partial charge in [-0.1, -0.05) is 6.08 Å². The predicted octanol–water partition coefficient (Wildman–Crippen LogP) is 1.78. The monoisotopic (exact) mass is 315 g/mol. The maximum absolute atomic E-state index is 11.3. The molecule has 3 heterocycles. The van der Waals surface area contributed by atoms with E-state index in [0.717, 1.165) is 30.6 Å². The largest absolute Gasteiger partial charge is 0.476 e. The van der Waals surface area contributed by atoms with Crippen LogP contribution in [0.3, 0.4) is 0 Å². The lowest BCUT2D eigenvalue weighted by atomic mass is 9.97. The zero-order valence-electron chi connectivity index (χ0n) is 12.9. The average molecular weight is 315 g/mol. The van der Waals surface area contributed by atoms with Crippen molar-refractivity contribution in [2.75, 3.05) is 20.2 Å². The lowest BCUT2D eigenvalue weighted by Crippen LogP contribution is -2.20. The molecule has 0 radical (unpaired) electrons. The third kappa shape index (κ3) is 2.93. The highest BCUT2D eigenvalue weighted by molar-refractivity contribution is 5.81. The van der Waals surface area contributed by atoms with Gasteiger partial charge in [-0.15, -0.1) is 0 Å². The summed E-state index contributed by atoms with van der Waals surface area (Å²) in [5, 5.41) is 18.7. The van der Waals surface area contributed by atoms with Gasteiger partial charge in [0.05, 0.1) is 23.9 Å². The number of hydrogen-bond acceptors (Lipinski definition) is 6. The molecular formula is C15H17N5O3. The second-order valence-corrected chi connectivity index (χ2v) is 5.26. The van der Waals surface area contributed by atoms with Gasteiger partial charge >= 0.3 is 5.69 Å². The predicted molar refractivity (Wildman–Crippen MR) is 85.1 cm³/mol. The standard InChI is InChI=1S/C15H17N5O3/c1-19-9-11(8-17-19)12-7-13(20(21)22)15(23-2)18-14(12)10-3-5-16-6-4-10/h3,7-9,16H,4-6H2,1-2H3. The van der Waals surface area contributed by atoms with Gasteiger partial charge in [0.25, 0.3) is 5.88 Å². The zero-order valence-corrected chi connectivity index (χ0v) is 12.9. The molecule has 0 unspecified atom stereocenters. The molecule has 0 saturated heterocycles. The van der Waals surface area contributed by atoms with E-state index in [2.05, 4.69) is 21.5 Å². The molecule has 0 amide bonds. The maximum atomic E-state index is 11.3. The van der Waals surface area contributed by atoms with E-state index >= 15 is 0 Å². The van der Waals surface area contributed by atoms with Crippen molar-refractivity contribution in [1.82, 2.24) is 20.1 Å². The smallest absolute Gasteiger partial charge is 0.331 e. The number of aromatic nitrogens is 3. The maximum Gasteiger partial charge on any atom is 0.331 e.